The zero-order valence-corrected chi connectivity index (χ0v) is 12.5. The molecule has 0 aliphatic heterocycles. The van der Waals surface area contributed by atoms with Gasteiger partial charge in [0, 0.05) is 13.2 Å². The molecule has 0 heterocycles. The fraction of sp³-hybridized carbons (Fsp3) is 0.647. The van der Waals surface area contributed by atoms with Gasteiger partial charge in [0.15, 0.2) is 0 Å². The fourth-order valence-corrected chi connectivity index (χ4v) is 2.16. The van der Waals surface area contributed by atoms with Crippen LogP contribution >= 0.6 is 0 Å². The summed E-state index contributed by atoms with van der Waals surface area (Å²) in [5.74, 6) is 1.01. The Labute approximate surface area is 118 Å². The molecular formula is C17H28O2. The van der Waals surface area contributed by atoms with Crippen molar-refractivity contribution >= 4 is 0 Å². The molecule has 0 N–H and O–H groups in total. The molecule has 0 radical (unpaired) electrons. The van der Waals surface area contributed by atoms with Crippen molar-refractivity contribution < 1.29 is 9.47 Å². The zero-order chi connectivity index (χ0) is 13.8. The van der Waals surface area contributed by atoms with Crippen molar-refractivity contribution in [3.05, 3.63) is 29.8 Å². The van der Waals surface area contributed by atoms with Crippen LogP contribution < -0.4 is 4.74 Å². The molecule has 0 atom stereocenters. The summed E-state index contributed by atoms with van der Waals surface area (Å²) < 4.78 is 11.0. The smallest absolute Gasteiger partial charge is 0.122 e. The average Bonchev–Trinajstić information content (AvgIpc) is 2.46. The number of hydrogen-bond acceptors (Lipinski definition) is 2. The summed E-state index contributed by atoms with van der Waals surface area (Å²) in [6.07, 6.45) is 8.46. The van der Waals surface area contributed by atoms with Crippen LogP contribution in [0, 0.1) is 0 Å². The quantitative estimate of drug-likeness (QED) is 0.543. The third-order valence-electron chi connectivity index (χ3n) is 3.32. The van der Waals surface area contributed by atoms with Gasteiger partial charge in [0.2, 0.25) is 0 Å². The summed E-state index contributed by atoms with van der Waals surface area (Å²) in [5.41, 5.74) is 1.31. The minimum atomic E-state index is 0.912. The highest BCUT2D eigenvalue weighted by molar-refractivity contribution is 5.33. The van der Waals surface area contributed by atoms with Gasteiger partial charge in [0.05, 0.1) is 7.11 Å². The lowest BCUT2D eigenvalue weighted by Crippen LogP contribution is -1.98. The van der Waals surface area contributed by atoms with Crippen molar-refractivity contribution in [1.82, 2.24) is 0 Å². The van der Waals surface area contributed by atoms with Crippen LogP contribution in [0.1, 0.15) is 51.0 Å². The normalized spacial score (nSPS) is 10.6. The minimum Gasteiger partial charge on any atom is -0.496 e. The molecule has 0 aliphatic carbocycles. The highest BCUT2D eigenvalue weighted by Gasteiger charge is 2.00. The SMILES string of the molecule is CCCCCOCCCCCc1ccccc1OC. The Bertz CT molecular complexity index is 323. The Morgan fingerprint density at radius 2 is 1.63 bits per heavy atom. The van der Waals surface area contributed by atoms with Crippen molar-refractivity contribution in [3.8, 4) is 5.75 Å². The van der Waals surface area contributed by atoms with E-state index in [4.69, 9.17) is 9.47 Å². The van der Waals surface area contributed by atoms with E-state index in [-0.39, 0.29) is 0 Å². The molecule has 2 nitrogen and oxygen atoms in total. The summed E-state index contributed by atoms with van der Waals surface area (Å²) in [4.78, 5) is 0. The first kappa shape index (κ1) is 16.0. The van der Waals surface area contributed by atoms with Crippen LogP contribution in [0.4, 0.5) is 0 Å². The van der Waals surface area contributed by atoms with E-state index in [1.807, 2.05) is 12.1 Å². The molecule has 1 rings (SSSR count). The summed E-state index contributed by atoms with van der Waals surface area (Å²) in [6, 6.07) is 8.29. The molecule has 19 heavy (non-hydrogen) atoms. The van der Waals surface area contributed by atoms with Crippen molar-refractivity contribution in [2.75, 3.05) is 20.3 Å². The van der Waals surface area contributed by atoms with E-state index in [2.05, 4.69) is 19.1 Å². The second-order valence-electron chi connectivity index (χ2n) is 4.94. The van der Waals surface area contributed by atoms with Gasteiger partial charge in [-0.05, 0) is 37.3 Å². The van der Waals surface area contributed by atoms with E-state index in [1.165, 1.54) is 44.1 Å². The van der Waals surface area contributed by atoms with Crippen molar-refractivity contribution in [1.29, 1.82) is 0 Å². The Morgan fingerprint density at radius 3 is 2.37 bits per heavy atom. The van der Waals surface area contributed by atoms with Crippen LogP contribution in [0.2, 0.25) is 0 Å². The number of para-hydroxylation sites is 1. The fourth-order valence-electron chi connectivity index (χ4n) is 2.16. The number of hydrogen-bond donors (Lipinski definition) is 0. The maximum absolute atomic E-state index is 5.61. The standard InChI is InChI=1S/C17H28O2/c1-3-4-9-14-19-15-10-5-6-11-16-12-7-8-13-17(16)18-2/h7-8,12-13H,3-6,9-11,14-15H2,1-2H3. The van der Waals surface area contributed by atoms with Crippen LogP contribution in [0.15, 0.2) is 24.3 Å². The van der Waals surface area contributed by atoms with Gasteiger partial charge in [-0.2, -0.15) is 0 Å². The lowest BCUT2D eigenvalue weighted by molar-refractivity contribution is 0.126. The number of ether oxygens (including phenoxy) is 2. The van der Waals surface area contributed by atoms with E-state index in [0.29, 0.717) is 0 Å². The number of benzene rings is 1. The van der Waals surface area contributed by atoms with Gasteiger partial charge in [-0.25, -0.2) is 0 Å². The van der Waals surface area contributed by atoms with Crippen LogP contribution in [-0.4, -0.2) is 20.3 Å². The predicted octanol–water partition coefficient (Wildman–Crippen LogP) is 4.61. The Balaban J connectivity index is 2.01. The van der Waals surface area contributed by atoms with Crippen LogP contribution in [-0.2, 0) is 11.2 Å². The predicted molar refractivity (Wildman–Crippen MR) is 80.9 cm³/mol. The third-order valence-corrected chi connectivity index (χ3v) is 3.32. The molecular weight excluding hydrogens is 236 g/mol. The minimum absolute atomic E-state index is 0.912. The molecule has 1 aromatic rings. The second-order valence-corrected chi connectivity index (χ2v) is 4.94. The molecule has 0 amide bonds. The first-order valence-electron chi connectivity index (χ1n) is 7.58. The van der Waals surface area contributed by atoms with E-state index < -0.39 is 0 Å². The molecule has 2 heteroatoms. The van der Waals surface area contributed by atoms with Crippen LogP contribution in [0.3, 0.4) is 0 Å². The molecule has 108 valence electrons. The Hall–Kier alpha value is -1.02. The average molecular weight is 264 g/mol. The second kappa shape index (κ2) is 10.9. The largest absolute Gasteiger partial charge is 0.496 e. The molecule has 0 saturated carbocycles. The summed E-state index contributed by atoms with van der Waals surface area (Å²) in [7, 11) is 1.74. The molecule has 0 unspecified atom stereocenters. The monoisotopic (exact) mass is 264 g/mol. The third kappa shape index (κ3) is 7.22. The van der Waals surface area contributed by atoms with Crippen LogP contribution in [0.5, 0.6) is 5.75 Å². The maximum Gasteiger partial charge on any atom is 0.122 e. The van der Waals surface area contributed by atoms with E-state index in [0.717, 1.165) is 25.4 Å². The number of rotatable bonds is 11. The van der Waals surface area contributed by atoms with Gasteiger partial charge >= 0.3 is 0 Å². The number of unbranched alkanes of at least 4 members (excludes halogenated alkanes) is 4. The van der Waals surface area contributed by atoms with E-state index in [9.17, 15) is 0 Å². The highest BCUT2D eigenvalue weighted by atomic mass is 16.5. The van der Waals surface area contributed by atoms with Crippen molar-refractivity contribution in [2.24, 2.45) is 0 Å². The zero-order valence-electron chi connectivity index (χ0n) is 12.5. The van der Waals surface area contributed by atoms with Gasteiger partial charge in [0.25, 0.3) is 0 Å². The van der Waals surface area contributed by atoms with Gasteiger partial charge in [0.1, 0.15) is 5.75 Å². The van der Waals surface area contributed by atoms with Crippen molar-refractivity contribution in [2.45, 2.75) is 51.9 Å². The van der Waals surface area contributed by atoms with Gasteiger partial charge in [-0.3, -0.25) is 0 Å². The molecule has 0 spiro atoms. The number of aryl methyl sites for hydroxylation is 1. The summed E-state index contributed by atoms with van der Waals surface area (Å²) in [6.45, 7) is 4.06. The Morgan fingerprint density at radius 1 is 0.895 bits per heavy atom. The molecule has 0 fully saturated rings. The lowest BCUT2D eigenvalue weighted by Gasteiger charge is -2.08. The van der Waals surface area contributed by atoms with E-state index in [1.54, 1.807) is 7.11 Å². The molecule has 0 saturated heterocycles. The maximum atomic E-state index is 5.61. The van der Waals surface area contributed by atoms with Crippen LogP contribution in [0.25, 0.3) is 0 Å². The Kier molecular flexibility index (Phi) is 9.17. The van der Waals surface area contributed by atoms with Gasteiger partial charge < -0.3 is 9.47 Å². The van der Waals surface area contributed by atoms with E-state index >= 15 is 0 Å². The molecule has 0 aliphatic rings. The first-order valence-corrected chi connectivity index (χ1v) is 7.58. The van der Waals surface area contributed by atoms with Crippen molar-refractivity contribution in [3.63, 3.8) is 0 Å². The van der Waals surface area contributed by atoms with Gasteiger partial charge in [-0.15, -0.1) is 0 Å². The summed E-state index contributed by atoms with van der Waals surface area (Å²) >= 11 is 0. The lowest BCUT2D eigenvalue weighted by atomic mass is 10.1. The molecule has 0 bridgehead atoms. The first-order chi connectivity index (χ1) is 9.38. The topological polar surface area (TPSA) is 18.5 Å². The number of methoxy groups -OCH3 is 1. The molecule has 0 aromatic heterocycles. The highest BCUT2D eigenvalue weighted by Crippen LogP contribution is 2.19. The molecule has 1 aromatic carbocycles. The summed E-state index contributed by atoms with van der Waals surface area (Å²) in [5, 5.41) is 0. The van der Waals surface area contributed by atoms with Gasteiger partial charge in [-0.1, -0.05) is 44.4 Å².